The monoisotopic (exact) mass is 290 g/mol. The molecule has 1 aliphatic rings. The molecule has 0 aliphatic carbocycles. The molecule has 21 heavy (non-hydrogen) atoms. The average molecular weight is 290 g/mol. The molecule has 2 rings (SSSR count). The molecule has 1 N–H and O–H groups in total. The van der Waals surface area contributed by atoms with Crippen LogP contribution in [0.1, 0.15) is 18.4 Å². The van der Waals surface area contributed by atoms with Gasteiger partial charge in [0, 0.05) is 52.3 Å². The molecule has 4 heteroatoms. The van der Waals surface area contributed by atoms with Gasteiger partial charge in [0.15, 0.2) is 0 Å². The second-order valence-electron chi connectivity index (χ2n) is 5.85. The van der Waals surface area contributed by atoms with Gasteiger partial charge >= 0.3 is 0 Å². The number of nitrogens with zero attached hydrogens (tertiary/aromatic N) is 2. The number of aliphatic hydroxyl groups excluding tert-OH is 1. The Balaban J connectivity index is 1.71. The van der Waals surface area contributed by atoms with Crippen molar-refractivity contribution in [2.75, 3.05) is 39.3 Å². The summed E-state index contributed by atoms with van der Waals surface area (Å²) in [7, 11) is 0. The van der Waals surface area contributed by atoms with E-state index in [0.717, 1.165) is 52.0 Å². The zero-order valence-corrected chi connectivity index (χ0v) is 12.7. The van der Waals surface area contributed by atoms with E-state index in [1.54, 1.807) is 0 Å². The lowest BCUT2D eigenvalue weighted by atomic mass is 10.0. The lowest BCUT2D eigenvalue weighted by molar-refractivity contribution is -0.108. The predicted octanol–water partition coefficient (Wildman–Crippen LogP) is 1.39. The summed E-state index contributed by atoms with van der Waals surface area (Å²) in [5.41, 5.74) is 1.37. The Labute approximate surface area is 127 Å². The van der Waals surface area contributed by atoms with Gasteiger partial charge < -0.3 is 14.8 Å². The smallest absolute Gasteiger partial charge is 0.120 e. The maximum absolute atomic E-state index is 10.4. The summed E-state index contributed by atoms with van der Waals surface area (Å²) in [6, 6.07) is 10.6. The molecule has 0 spiro atoms. The Bertz CT molecular complexity index is 403. The predicted molar refractivity (Wildman–Crippen MR) is 84.0 cm³/mol. The average Bonchev–Trinajstić information content (AvgIpc) is 2.54. The summed E-state index contributed by atoms with van der Waals surface area (Å²) < 4.78 is 0. The van der Waals surface area contributed by atoms with Gasteiger partial charge in [-0.25, -0.2) is 0 Å². The molecule has 0 aromatic heterocycles. The highest BCUT2D eigenvalue weighted by Crippen LogP contribution is 2.12. The molecule has 1 atom stereocenters. The van der Waals surface area contributed by atoms with Crippen molar-refractivity contribution in [3.8, 4) is 0 Å². The molecule has 1 aromatic carbocycles. The lowest BCUT2D eigenvalue weighted by Gasteiger charge is -2.36. The molecule has 0 saturated carbocycles. The van der Waals surface area contributed by atoms with E-state index in [9.17, 15) is 9.90 Å². The van der Waals surface area contributed by atoms with E-state index in [2.05, 4.69) is 40.1 Å². The molecule has 1 aromatic rings. The minimum Gasteiger partial charge on any atom is -0.396 e. The van der Waals surface area contributed by atoms with Crippen LogP contribution in [-0.4, -0.2) is 60.5 Å². The first-order valence-electron chi connectivity index (χ1n) is 7.85. The normalized spacial score (nSPS) is 18.5. The fourth-order valence-corrected chi connectivity index (χ4v) is 2.88. The van der Waals surface area contributed by atoms with Gasteiger partial charge in [0.2, 0.25) is 0 Å². The van der Waals surface area contributed by atoms with Gasteiger partial charge in [-0.2, -0.15) is 0 Å². The van der Waals surface area contributed by atoms with Crippen molar-refractivity contribution >= 4 is 6.29 Å². The van der Waals surface area contributed by atoms with E-state index < -0.39 is 0 Å². The Morgan fingerprint density at radius 3 is 2.38 bits per heavy atom. The first-order chi connectivity index (χ1) is 10.3. The van der Waals surface area contributed by atoms with Gasteiger partial charge in [-0.1, -0.05) is 30.3 Å². The highest BCUT2D eigenvalue weighted by atomic mass is 16.3. The zero-order valence-electron chi connectivity index (χ0n) is 12.7. The maximum atomic E-state index is 10.4. The number of aliphatic hydroxyl groups is 1. The van der Waals surface area contributed by atoms with E-state index in [0.29, 0.717) is 6.42 Å². The van der Waals surface area contributed by atoms with Gasteiger partial charge in [-0.05, 0) is 17.9 Å². The van der Waals surface area contributed by atoms with E-state index >= 15 is 0 Å². The van der Waals surface area contributed by atoms with Gasteiger partial charge in [0.25, 0.3) is 0 Å². The third kappa shape index (κ3) is 5.58. The molecule has 0 radical (unpaired) electrons. The number of carbonyl (C=O) groups excluding carboxylic acids is 1. The Morgan fingerprint density at radius 1 is 1.10 bits per heavy atom. The standard InChI is InChI=1S/C17H26N2O2/c20-12-4-7-17(15-21)14-19-10-8-18(9-11-19)13-16-5-2-1-3-6-16/h1-3,5-6,12,17,21H,4,7-11,13-15H2. The van der Waals surface area contributed by atoms with Crippen LogP contribution in [0, 0.1) is 5.92 Å². The van der Waals surface area contributed by atoms with Crippen LogP contribution in [0.3, 0.4) is 0 Å². The third-order valence-electron chi connectivity index (χ3n) is 4.18. The van der Waals surface area contributed by atoms with Crippen molar-refractivity contribution in [1.29, 1.82) is 0 Å². The van der Waals surface area contributed by atoms with Gasteiger partial charge in [-0.3, -0.25) is 4.90 Å². The van der Waals surface area contributed by atoms with E-state index in [1.807, 2.05) is 0 Å². The third-order valence-corrected chi connectivity index (χ3v) is 4.18. The van der Waals surface area contributed by atoms with Crippen LogP contribution in [0.5, 0.6) is 0 Å². The SMILES string of the molecule is O=CCCC(CO)CN1CCN(Cc2ccccc2)CC1. The minimum absolute atomic E-state index is 0.179. The summed E-state index contributed by atoms with van der Waals surface area (Å²) in [5.74, 6) is 0.232. The molecule has 4 nitrogen and oxygen atoms in total. The fourth-order valence-electron chi connectivity index (χ4n) is 2.88. The highest BCUT2D eigenvalue weighted by Gasteiger charge is 2.19. The molecule has 0 bridgehead atoms. The van der Waals surface area contributed by atoms with Gasteiger partial charge in [0.05, 0.1) is 0 Å². The minimum atomic E-state index is 0.179. The first kappa shape index (κ1) is 16.1. The van der Waals surface area contributed by atoms with Crippen molar-refractivity contribution in [2.24, 2.45) is 5.92 Å². The van der Waals surface area contributed by atoms with Crippen LogP contribution >= 0.6 is 0 Å². The lowest BCUT2D eigenvalue weighted by Crippen LogP contribution is -2.47. The summed E-state index contributed by atoms with van der Waals surface area (Å²) in [6.45, 7) is 6.33. The van der Waals surface area contributed by atoms with Crippen LogP contribution < -0.4 is 0 Å². The van der Waals surface area contributed by atoms with Crippen molar-refractivity contribution in [1.82, 2.24) is 9.80 Å². The summed E-state index contributed by atoms with van der Waals surface area (Å²) in [6.07, 6.45) is 2.30. The van der Waals surface area contributed by atoms with E-state index in [4.69, 9.17) is 0 Å². The number of aldehydes is 1. The van der Waals surface area contributed by atoms with Crippen LogP contribution in [0.4, 0.5) is 0 Å². The summed E-state index contributed by atoms with van der Waals surface area (Å²) in [4.78, 5) is 15.3. The number of piperazine rings is 1. The molecule has 1 aliphatic heterocycles. The van der Waals surface area contributed by atoms with Gasteiger partial charge in [-0.15, -0.1) is 0 Å². The van der Waals surface area contributed by atoms with Crippen LogP contribution in [0.15, 0.2) is 30.3 Å². The number of hydrogen-bond donors (Lipinski definition) is 1. The van der Waals surface area contributed by atoms with Crippen LogP contribution in [0.2, 0.25) is 0 Å². The second kappa shape index (κ2) is 8.93. The molecular weight excluding hydrogens is 264 g/mol. The fraction of sp³-hybridized carbons (Fsp3) is 0.588. The Kier molecular flexibility index (Phi) is 6.86. The maximum Gasteiger partial charge on any atom is 0.120 e. The number of carbonyl (C=O) groups is 1. The molecule has 0 amide bonds. The largest absolute Gasteiger partial charge is 0.396 e. The van der Waals surface area contributed by atoms with Crippen molar-refractivity contribution in [3.05, 3.63) is 35.9 Å². The number of hydrogen-bond acceptors (Lipinski definition) is 4. The quantitative estimate of drug-likeness (QED) is 0.735. The van der Waals surface area contributed by atoms with Gasteiger partial charge in [0.1, 0.15) is 6.29 Å². The zero-order chi connectivity index (χ0) is 14.9. The van der Waals surface area contributed by atoms with Crippen molar-refractivity contribution in [2.45, 2.75) is 19.4 Å². The Morgan fingerprint density at radius 2 is 1.76 bits per heavy atom. The van der Waals surface area contributed by atoms with Crippen molar-refractivity contribution in [3.63, 3.8) is 0 Å². The number of rotatable bonds is 8. The topological polar surface area (TPSA) is 43.8 Å². The Hall–Kier alpha value is -1.23. The number of benzene rings is 1. The summed E-state index contributed by atoms with van der Waals surface area (Å²) >= 11 is 0. The second-order valence-corrected chi connectivity index (χ2v) is 5.85. The molecular formula is C17H26N2O2. The molecule has 1 saturated heterocycles. The van der Waals surface area contributed by atoms with Crippen LogP contribution in [-0.2, 0) is 11.3 Å². The first-order valence-corrected chi connectivity index (χ1v) is 7.85. The van der Waals surface area contributed by atoms with Crippen LogP contribution in [0.25, 0.3) is 0 Å². The molecule has 116 valence electrons. The summed E-state index contributed by atoms with van der Waals surface area (Å²) in [5, 5.41) is 9.38. The molecule has 1 fully saturated rings. The van der Waals surface area contributed by atoms with E-state index in [1.165, 1.54) is 5.56 Å². The molecule has 1 unspecified atom stereocenters. The molecule has 1 heterocycles. The highest BCUT2D eigenvalue weighted by molar-refractivity contribution is 5.49. The van der Waals surface area contributed by atoms with E-state index in [-0.39, 0.29) is 12.5 Å². The van der Waals surface area contributed by atoms with Crippen molar-refractivity contribution < 1.29 is 9.90 Å².